The zero-order chi connectivity index (χ0) is 8.43. The first-order valence-corrected chi connectivity index (χ1v) is 3.93. The molecule has 11 heavy (non-hydrogen) atoms. The second kappa shape index (κ2) is 3.37. The Morgan fingerprint density at radius 2 is 1.64 bits per heavy atom. The quantitative estimate of drug-likeness (QED) is 0.567. The Morgan fingerprint density at radius 1 is 1.18 bits per heavy atom. The number of hydrogen-bond acceptors (Lipinski definition) is 2. The SMILES string of the molecule is CO[C@H]1C[C@@H](OC)C1=C(C)C. The molecule has 1 saturated carbocycles. The standard InChI is InChI=1S/C9H16O2/c1-6(2)9-7(10-3)5-8(9)11-4/h7-8H,5H2,1-4H3/t7-,8+. The van der Waals surface area contributed by atoms with Crippen LogP contribution >= 0.6 is 0 Å². The summed E-state index contributed by atoms with van der Waals surface area (Å²) >= 11 is 0. The van der Waals surface area contributed by atoms with Gasteiger partial charge in [0.1, 0.15) is 0 Å². The van der Waals surface area contributed by atoms with Gasteiger partial charge in [-0.3, -0.25) is 0 Å². The van der Waals surface area contributed by atoms with Crippen LogP contribution in [0.3, 0.4) is 0 Å². The lowest BCUT2D eigenvalue weighted by molar-refractivity contribution is -0.0139. The number of ether oxygens (including phenoxy) is 2. The first-order valence-electron chi connectivity index (χ1n) is 3.93. The van der Waals surface area contributed by atoms with E-state index < -0.39 is 0 Å². The van der Waals surface area contributed by atoms with E-state index in [0.717, 1.165) is 6.42 Å². The van der Waals surface area contributed by atoms with Gasteiger partial charge in [0, 0.05) is 20.6 Å². The van der Waals surface area contributed by atoms with E-state index in [9.17, 15) is 0 Å². The molecule has 0 aromatic carbocycles. The van der Waals surface area contributed by atoms with Crippen LogP contribution in [0.25, 0.3) is 0 Å². The van der Waals surface area contributed by atoms with Crippen molar-refractivity contribution in [2.75, 3.05) is 14.2 Å². The molecule has 0 heterocycles. The highest BCUT2D eigenvalue weighted by molar-refractivity contribution is 5.28. The first-order chi connectivity index (χ1) is 5.20. The van der Waals surface area contributed by atoms with Crippen molar-refractivity contribution in [1.82, 2.24) is 0 Å². The summed E-state index contributed by atoms with van der Waals surface area (Å²) in [6.07, 6.45) is 1.63. The molecule has 1 rings (SSSR count). The largest absolute Gasteiger partial charge is 0.377 e. The molecule has 0 aromatic heterocycles. The molecule has 0 N–H and O–H groups in total. The Bertz CT molecular complexity index is 156. The molecule has 0 unspecified atom stereocenters. The molecule has 2 nitrogen and oxygen atoms in total. The van der Waals surface area contributed by atoms with Gasteiger partial charge in [0.2, 0.25) is 0 Å². The molecular weight excluding hydrogens is 140 g/mol. The molecular formula is C9H16O2. The summed E-state index contributed by atoms with van der Waals surface area (Å²) in [7, 11) is 3.50. The summed E-state index contributed by atoms with van der Waals surface area (Å²) in [6, 6.07) is 0. The average molecular weight is 156 g/mol. The van der Waals surface area contributed by atoms with Crippen LogP contribution in [0.5, 0.6) is 0 Å². The van der Waals surface area contributed by atoms with Crippen LogP contribution in [-0.2, 0) is 9.47 Å². The van der Waals surface area contributed by atoms with E-state index >= 15 is 0 Å². The normalized spacial score (nSPS) is 30.0. The Hall–Kier alpha value is -0.340. The minimum absolute atomic E-state index is 0.310. The van der Waals surface area contributed by atoms with Gasteiger partial charge in [-0.1, -0.05) is 5.57 Å². The maximum Gasteiger partial charge on any atom is 0.0836 e. The van der Waals surface area contributed by atoms with Gasteiger partial charge in [-0.05, 0) is 19.4 Å². The third-order valence-electron chi connectivity index (χ3n) is 2.27. The van der Waals surface area contributed by atoms with Crippen LogP contribution in [0, 0.1) is 0 Å². The van der Waals surface area contributed by atoms with Crippen molar-refractivity contribution in [1.29, 1.82) is 0 Å². The van der Waals surface area contributed by atoms with Crippen LogP contribution in [-0.4, -0.2) is 26.4 Å². The van der Waals surface area contributed by atoms with Gasteiger partial charge in [-0.15, -0.1) is 0 Å². The highest BCUT2D eigenvalue weighted by Crippen LogP contribution is 2.34. The predicted octanol–water partition coefficient (Wildman–Crippen LogP) is 1.76. The molecule has 0 aromatic rings. The fraction of sp³-hybridized carbons (Fsp3) is 0.778. The maximum atomic E-state index is 5.25. The molecule has 0 amide bonds. The van der Waals surface area contributed by atoms with Crippen molar-refractivity contribution in [3.05, 3.63) is 11.1 Å². The van der Waals surface area contributed by atoms with Crippen molar-refractivity contribution >= 4 is 0 Å². The van der Waals surface area contributed by atoms with Crippen molar-refractivity contribution in [2.45, 2.75) is 32.5 Å². The summed E-state index contributed by atoms with van der Waals surface area (Å²) < 4.78 is 10.5. The molecule has 0 saturated heterocycles. The minimum atomic E-state index is 0.310. The van der Waals surface area contributed by atoms with Crippen molar-refractivity contribution in [3.63, 3.8) is 0 Å². The zero-order valence-electron chi connectivity index (χ0n) is 7.68. The molecule has 0 radical (unpaired) electrons. The van der Waals surface area contributed by atoms with Gasteiger partial charge >= 0.3 is 0 Å². The second-order valence-corrected chi connectivity index (χ2v) is 3.14. The lowest BCUT2D eigenvalue weighted by atomic mass is 9.82. The van der Waals surface area contributed by atoms with E-state index in [0.29, 0.717) is 12.2 Å². The third-order valence-corrected chi connectivity index (χ3v) is 2.27. The van der Waals surface area contributed by atoms with Crippen LogP contribution in [0.2, 0.25) is 0 Å². The van der Waals surface area contributed by atoms with E-state index in [2.05, 4.69) is 13.8 Å². The Balaban J connectivity index is 2.64. The van der Waals surface area contributed by atoms with Crippen LogP contribution in [0.15, 0.2) is 11.1 Å². The van der Waals surface area contributed by atoms with E-state index in [1.807, 2.05) is 0 Å². The Kier molecular flexibility index (Phi) is 2.68. The number of rotatable bonds is 2. The van der Waals surface area contributed by atoms with Gasteiger partial charge in [-0.2, -0.15) is 0 Å². The molecule has 1 aliphatic rings. The highest BCUT2D eigenvalue weighted by Gasteiger charge is 2.35. The molecule has 2 heteroatoms. The maximum absolute atomic E-state index is 5.25. The number of hydrogen-bond donors (Lipinski definition) is 0. The molecule has 64 valence electrons. The van der Waals surface area contributed by atoms with E-state index in [4.69, 9.17) is 9.47 Å². The fourth-order valence-electron chi connectivity index (χ4n) is 1.59. The molecule has 0 aliphatic heterocycles. The van der Waals surface area contributed by atoms with Gasteiger partial charge in [-0.25, -0.2) is 0 Å². The van der Waals surface area contributed by atoms with Gasteiger partial charge in [0.25, 0.3) is 0 Å². The Labute approximate surface area is 68.2 Å². The lowest BCUT2D eigenvalue weighted by Crippen LogP contribution is -2.40. The third kappa shape index (κ3) is 1.47. The Morgan fingerprint density at radius 3 is 1.91 bits per heavy atom. The summed E-state index contributed by atoms with van der Waals surface area (Å²) in [5.74, 6) is 0. The first kappa shape index (κ1) is 8.75. The fourth-order valence-corrected chi connectivity index (χ4v) is 1.59. The summed E-state index contributed by atoms with van der Waals surface area (Å²) in [4.78, 5) is 0. The van der Waals surface area contributed by atoms with Crippen molar-refractivity contribution < 1.29 is 9.47 Å². The monoisotopic (exact) mass is 156 g/mol. The van der Waals surface area contributed by atoms with Crippen LogP contribution < -0.4 is 0 Å². The molecule has 1 fully saturated rings. The van der Waals surface area contributed by atoms with Crippen LogP contribution in [0.1, 0.15) is 20.3 Å². The van der Waals surface area contributed by atoms with Gasteiger partial charge < -0.3 is 9.47 Å². The molecule has 1 aliphatic carbocycles. The van der Waals surface area contributed by atoms with Gasteiger partial charge in [0.05, 0.1) is 12.2 Å². The molecule has 2 atom stereocenters. The van der Waals surface area contributed by atoms with Crippen molar-refractivity contribution in [2.24, 2.45) is 0 Å². The summed E-state index contributed by atoms with van der Waals surface area (Å²) in [6.45, 7) is 4.21. The summed E-state index contributed by atoms with van der Waals surface area (Å²) in [5.41, 5.74) is 2.66. The zero-order valence-corrected chi connectivity index (χ0v) is 7.68. The highest BCUT2D eigenvalue weighted by atomic mass is 16.5. The minimum Gasteiger partial charge on any atom is -0.377 e. The second-order valence-electron chi connectivity index (χ2n) is 3.14. The van der Waals surface area contributed by atoms with E-state index in [1.165, 1.54) is 11.1 Å². The average Bonchev–Trinajstić information content (AvgIpc) is 1.86. The smallest absolute Gasteiger partial charge is 0.0836 e. The predicted molar refractivity (Wildman–Crippen MR) is 44.6 cm³/mol. The van der Waals surface area contributed by atoms with E-state index in [1.54, 1.807) is 14.2 Å². The molecule has 0 bridgehead atoms. The molecule has 0 spiro atoms. The number of allylic oxidation sites excluding steroid dienone is 1. The summed E-state index contributed by atoms with van der Waals surface area (Å²) in [5, 5.41) is 0. The van der Waals surface area contributed by atoms with Gasteiger partial charge in [0.15, 0.2) is 0 Å². The number of methoxy groups -OCH3 is 2. The topological polar surface area (TPSA) is 18.5 Å². The lowest BCUT2D eigenvalue weighted by Gasteiger charge is -2.38. The van der Waals surface area contributed by atoms with E-state index in [-0.39, 0.29) is 0 Å². The van der Waals surface area contributed by atoms with Crippen molar-refractivity contribution in [3.8, 4) is 0 Å². The van der Waals surface area contributed by atoms with Crippen LogP contribution in [0.4, 0.5) is 0 Å².